The molecule has 0 radical (unpaired) electrons. The lowest BCUT2D eigenvalue weighted by molar-refractivity contribution is -0.118. The van der Waals surface area contributed by atoms with Crippen molar-refractivity contribution in [3.05, 3.63) is 41.7 Å². The zero-order valence-corrected chi connectivity index (χ0v) is 19.3. The Morgan fingerprint density at radius 1 is 1.26 bits per heavy atom. The second-order valence-electron chi connectivity index (χ2n) is 8.82. The van der Waals surface area contributed by atoms with Gasteiger partial charge in [-0.25, -0.2) is 17.6 Å². The average Bonchev–Trinajstić information content (AvgIpc) is 2.96. The maximum Gasteiger partial charge on any atom is 0.324 e. The van der Waals surface area contributed by atoms with Gasteiger partial charge in [0.1, 0.15) is 6.54 Å². The van der Waals surface area contributed by atoms with Crippen LogP contribution in [0, 0.1) is 11.7 Å². The molecule has 1 saturated heterocycles. The topological polar surface area (TPSA) is 92.8 Å². The third kappa shape index (κ3) is 7.65. The summed E-state index contributed by atoms with van der Waals surface area (Å²) in [5, 5.41) is 2.18. The van der Waals surface area contributed by atoms with E-state index < -0.39 is 27.1 Å². The highest BCUT2D eigenvalue weighted by Crippen LogP contribution is 2.30. The Kier molecular flexibility index (Phi) is 8.22. The highest BCUT2D eigenvalue weighted by molar-refractivity contribution is 7.91. The van der Waals surface area contributed by atoms with Crippen molar-refractivity contribution in [2.75, 3.05) is 31.2 Å². The number of carbonyl (C=O) groups excluding carboxylic acids is 2. The lowest BCUT2D eigenvalue weighted by Crippen LogP contribution is -2.30. The normalized spacial score (nSPS) is 15.2. The van der Waals surface area contributed by atoms with Crippen molar-refractivity contribution >= 4 is 21.8 Å². The molecule has 1 aliphatic rings. The lowest BCUT2D eigenvalue weighted by atomic mass is 9.86. The van der Waals surface area contributed by atoms with Gasteiger partial charge >= 0.3 is 6.03 Å². The largest absolute Gasteiger partial charge is 0.490 e. The molecular formula is C22H31FN2O5S. The van der Waals surface area contributed by atoms with Crippen LogP contribution in [0.15, 0.2) is 30.4 Å². The van der Waals surface area contributed by atoms with Crippen molar-refractivity contribution < 1.29 is 27.1 Å². The zero-order valence-electron chi connectivity index (χ0n) is 18.5. The molecule has 1 aliphatic heterocycles. The molecule has 172 valence electrons. The molecule has 0 saturated carbocycles. The first kappa shape index (κ1) is 24.8. The van der Waals surface area contributed by atoms with E-state index in [-0.39, 0.29) is 42.2 Å². The molecule has 0 atom stereocenters. The van der Waals surface area contributed by atoms with Crippen LogP contribution < -0.4 is 10.1 Å². The fraction of sp³-hybridized carbons (Fsp3) is 0.545. The second-order valence-corrected chi connectivity index (χ2v) is 11.0. The van der Waals surface area contributed by atoms with Gasteiger partial charge < -0.3 is 9.64 Å². The van der Waals surface area contributed by atoms with Crippen LogP contribution in [0.1, 0.15) is 39.7 Å². The molecule has 1 aromatic carbocycles. The van der Waals surface area contributed by atoms with Crippen LogP contribution in [0.5, 0.6) is 5.75 Å². The molecule has 0 bridgehead atoms. The van der Waals surface area contributed by atoms with Gasteiger partial charge in [0.2, 0.25) is 5.91 Å². The highest BCUT2D eigenvalue weighted by atomic mass is 32.2. The Morgan fingerprint density at radius 3 is 2.58 bits per heavy atom. The van der Waals surface area contributed by atoms with Gasteiger partial charge in [-0.2, -0.15) is 0 Å². The third-order valence-electron chi connectivity index (χ3n) is 4.82. The van der Waals surface area contributed by atoms with Gasteiger partial charge in [0.15, 0.2) is 21.4 Å². The van der Waals surface area contributed by atoms with Crippen molar-refractivity contribution in [1.29, 1.82) is 0 Å². The van der Waals surface area contributed by atoms with Crippen LogP contribution in [0.2, 0.25) is 0 Å². The molecule has 1 N–H and O–H groups in total. The van der Waals surface area contributed by atoms with Gasteiger partial charge in [-0.3, -0.25) is 10.1 Å². The van der Waals surface area contributed by atoms with Crippen LogP contribution in [0.3, 0.4) is 0 Å². The molecule has 9 heteroatoms. The van der Waals surface area contributed by atoms with E-state index in [1.807, 2.05) is 27.7 Å². The van der Waals surface area contributed by atoms with Gasteiger partial charge in [0, 0.05) is 12.0 Å². The number of ether oxygens (including phenoxy) is 1. The molecule has 0 aliphatic carbocycles. The van der Waals surface area contributed by atoms with Crippen LogP contribution >= 0.6 is 0 Å². The summed E-state index contributed by atoms with van der Waals surface area (Å²) in [5.41, 5.74) is -0.0308. The highest BCUT2D eigenvalue weighted by Gasteiger charge is 2.29. The maximum absolute atomic E-state index is 14.0. The van der Waals surface area contributed by atoms with Crippen LogP contribution in [-0.2, 0) is 20.0 Å². The van der Waals surface area contributed by atoms with Crippen molar-refractivity contribution in [3.63, 3.8) is 0 Å². The van der Waals surface area contributed by atoms with Gasteiger partial charge in [-0.1, -0.05) is 45.9 Å². The first-order valence-corrected chi connectivity index (χ1v) is 12.1. The molecule has 0 unspecified atom stereocenters. The minimum Gasteiger partial charge on any atom is -0.490 e. The van der Waals surface area contributed by atoms with Crippen LogP contribution in [0.25, 0.3) is 0 Å². The van der Waals surface area contributed by atoms with Crippen molar-refractivity contribution in [2.45, 2.75) is 39.5 Å². The van der Waals surface area contributed by atoms with Gasteiger partial charge in [-0.05, 0) is 30.0 Å². The average molecular weight is 455 g/mol. The summed E-state index contributed by atoms with van der Waals surface area (Å²) in [7, 11) is -3.39. The number of allylic oxidation sites excluding steroid dienone is 1. The minimum atomic E-state index is -3.39. The fourth-order valence-corrected chi connectivity index (χ4v) is 5.10. The summed E-state index contributed by atoms with van der Waals surface area (Å²) < 4.78 is 44.9. The molecule has 3 amide bonds. The molecule has 7 nitrogen and oxygen atoms in total. The number of nitrogens with one attached hydrogen (secondary N) is 1. The van der Waals surface area contributed by atoms with Crippen molar-refractivity contribution in [2.24, 2.45) is 5.92 Å². The molecule has 1 heterocycles. The monoisotopic (exact) mass is 454 g/mol. The molecule has 31 heavy (non-hydrogen) atoms. The summed E-state index contributed by atoms with van der Waals surface area (Å²) in [6, 6.07) is 4.03. The number of hydrogen-bond acceptors (Lipinski definition) is 5. The smallest absolute Gasteiger partial charge is 0.324 e. The number of nitrogens with zero attached hydrogens (tertiary/aromatic N) is 1. The van der Waals surface area contributed by atoms with Gasteiger partial charge in [-0.15, -0.1) is 0 Å². The number of imide groups is 1. The molecule has 1 fully saturated rings. The Morgan fingerprint density at radius 2 is 1.97 bits per heavy atom. The van der Waals surface area contributed by atoms with E-state index in [9.17, 15) is 22.4 Å². The molecule has 2 rings (SSSR count). The van der Waals surface area contributed by atoms with Gasteiger partial charge in [0.05, 0.1) is 18.1 Å². The van der Waals surface area contributed by atoms with Crippen LogP contribution in [0.4, 0.5) is 9.18 Å². The standard InChI is InChI=1S/C22H31FN2O5S/c1-16(2)14-30-19-12-17(8-9-18(19)23)22(3,4)15-31(28,29)11-7-5-6-10-25-13-20(26)24-21(25)27/h5-6,8-9,12,16H,7,10-11,13-15H2,1-4H3,(H,24,26,27)/b6-5+. The number of halogens is 1. The van der Waals surface area contributed by atoms with E-state index in [1.165, 1.54) is 11.0 Å². The third-order valence-corrected chi connectivity index (χ3v) is 6.84. The molecular weight excluding hydrogens is 423 g/mol. The first-order valence-electron chi connectivity index (χ1n) is 10.3. The maximum atomic E-state index is 14.0. The number of rotatable bonds is 11. The number of amides is 3. The summed E-state index contributed by atoms with van der Waals surface area (Å²) >= 11 is 0. The molecule has 1 aromatic rings. The Balaban J connectivity index is 1.93. The number of carbonyl (C=O) groups is 2. The summed E-state index contributed by atoms with van der Waals surface area (Å²) in [6.45, 7) is 8.18. The zero-order chi connectivity index (χ0) is 23.2. The lowest BCUT2D eigenvalue weighted by Gasteiger charge is -2.26. The second kappa shape index (κ2) is 10.3. The Hall–Kier alpha value is -2.42. The summed E-state index contributed by atoms with van der Waals surface area (Å²) in [6.07, 6.45) is 3.67. The fourth-order valence-electron chi connectivity index (χ4n) is 3.19. The quantitative estimate of drug-likeness (QED) is 0.410. The van der Waals surface area contributed by atoms with Crippen molar-refractivity contribution in [1.82, 2.24) is 10.2 Å². The predicted molar refractivity (Wildman–Crippen MR) is 117 cm³/mol. The van der Waals surface area contributed by atoms with Crippen LogP contribution in [-0.4, -0.2) is 56.5 Å². The first-order chi connectivity index (χ1) is 14.4. The van der Waals surface area contributed by atoms with E-state index >= 15 is 0 Å². The number of hydrogen-bond donors (Lipinski definition) is 1. The number of sulfone groups is 1. The summed E-state index contributed by atoms with van der Waals surface area (Å²) in [5.74, 6) is -0.584. The number of urea groups is 1. The van der Waals surface area contributed by atoms with Crippen molar-refractivity contribution in [3.8, 4) is 5.75 Å². The van der Waals surface area contributed by atoms with Gasteiger partial charge in [0.25, 0.3) is 0 Å². The minimum absolute atomic E-state index is 0.0101. The Labute approximate surface area is 183 Å². The van der Waals surface area contributed by atoms with E-state index in [0.717, 1.165) is 0 Å². The number of benzene rings is 1. The SMILES string of the molecule is CC(C)COc1cc(C(C)(C)CS(=O)(=O)CC/C=C/CN2CC(=O)NC2=O)ccc1F. The van der Waals surface area contributed by atoms with E-state index in [1.54, 1.807) is 24.3 Å². The molecule has 0 aromatic heterocycles. The van der Waals surface area contributed by atoms with E-state index in [2.05, 4.69) is 5.32 Å². The predicted octanol–water partition coefficient (Wildman–Crippen LogP) is 3.05. The Bertz CT molecular complexity index is 941. The van der Waals surface area contributed by atoms with E-state index in [0.29, 0.717) is 18.6 Å². The molecule has 0 spiro atoms. The summed E-state index contributed by atoms with van der Waals surface area (Å²) in [4.78, 5) is 23.9. The van der Waals surface area contributed by atoms with E-state index in [4.69, 9.17) is 4.74 Å².